The summed E-state index contributed by atoms with van der Waals surface area (Å²) in [6.07, 6.45) is 0. The van der Waals surface area contributed by atoms with E-state index in [0.717, 1.165) is 0 Å². The van der Waals surface area contributed by atoms with E-state index >= 15 is 0 Å². The molecule has 2 heterocycles. The zero-order chi connectivity index (χ0) is 17.4. The van der Waals surface area contributed by atoms with E-state index in [2.05, 4.69) is 91.0 Å². The van der Waals surface area contributed by atoms with Crippen LogP contribution in [0.15, 0.2) is 72.8 Å². The van der Waals surface area contributed by atoms with Crippen LogP contribution in [0.4, 0.5) is 0 Å². The summed E-state index contributed by atoms with van der Waals surface area (Å²) in [6, 6.07) is 27.0. The van der Waals surface area contributed by atoms with Gasteiger partial charge >= 0.3 is 0 Å². The Morgan fingerprint density at radius 3 is 2.23 bits per heavy atom. The van der Waals surface area contributed by atoms with Crippen LogP contribution in [-0.2, 0) is 0 Å². The van der Waals surface area contributed by atoms with E-state index < -0.39 is 0 Å². The fraction of sp³-hybridized carbons (Fsp3) is 0.120. The van der Waals surface area contributed by atoms with Crippen molar-refractivity contribution in [1.82, 2.24) is 4.40 Å². The topological polar surface area (TPSA) is 4.41 Å². The van der Waals surface area contributed by atoms with Crippen molar-refractivity contribution in [3.8, 4) is 0 Å². The second kappa shape index (κ2) is 4.76. The molecule has 1 nitrogen and oxygen atoms in total. The monoisotopic (exact) mass is 333 g/mol. The first kappa shape index (κ1) is 14.1. The lowest BCUT2D eigenvalue weighted by molar-refractivity contribution is 0.869. The van der Waals surface area contributed by atoms with Crippen LogP contribution in [0.2, 0.25) is 0 Å². The standard InChI is InChI=1S/C25H19N/c1-15(2)16-11-12-23-21(13-16)24-18-8-4-3-7-17(18)14-20-19-9-5-6-10-22(19)26(23)25(20)24/h3-15H,1-2H3. The molecule has 0 aliphatic heterocycles. The van der Waals surface area contributed by atoms with Crippen LogP contribution < -0.4 is 0 Å². The Labute approximate surface area is 151 Å². The molecule has 0 N–H and O–H groups in total. The molecule has 0 spiro atoms. The van der Waals surface area contributed by atoms with Crippen molar-refractivity contribution in [2.75, 3.05) is 0 Å². The van der Waals surface area contributed by atoms with Crippen LogP contribution >= 0.6 is 0 Å². The maximum absolute atomic E-state index is 2.46. The van der Waals surface area contributed by atoms with Crippen molar-refractivity contribution in [3.05, 3.63) is 78.4 Å². The predicted octanol–water partition coefficient (Wildman–Crippen LogP) is 7.11. The summed E-state index contributed by atoms with van der Waals surface area (Å²) < 4.78 is 2.46. The van der Waals surface area contributed by atoms with Crippen LogP contribution in [0.25, 0.3) is 48.9 Å². The first-order chi connectivity index (χ1) is 12.7. The largest absolute Gasteiger partial charge is 0.308 e. The predicted molar refractivity (Wildman–Crippen MR) is 113 cm³/mol. The lowest BCUT2D eigenvalue weighted by Crippen LogP contribution is -1.87. The molecule has 0 aliphatic rings. The van der Waals surface area contributed by atoms with Crippen molar-refractivity contribution in [2.24, 2.45) is 0 Å². The van der Waals surface area contributed by atoms with Crippen molar-refractivity contribution in [2.45, 2.75) is 19.8 Å². The highest BCUT2D eigenvalue weighted by Crippen LogP contribution is 2.43. The number of hydrogen-bond acceptors (Lipinski definition) is 0. The summed E-state index contributed by atoms with van der Waals surface area (Å²) in [5, 5.41) is 8.14. The first-order valence-electron chi connectivity index (χ1n) is 9.33. The molecule has 0 amide bonds. The fourth-order valence-electron chi connectivity index (χ4n) is 4.62. The number of hydrogen-bond donors (Lipinski definition) is 0. The second-order valence-electron chi connectivity index (χ2n) is 7.65. The molecule has 0 bridgehead atoms. The maximum atomic E-state index is 2.46. The number of rotatable bonds is 1. The molecule has 0 unspecified atom stereocenters. The van der Waals surface area contributed by atoms with Gasteiger partial charge in [-0.05, 0) is 46.5 Å². The van der Waals surface area contributed by atoms with Crippen LogP contribution in [0.5, 0.6) is 0 Å². The smallest absolute Gasteiger partial charge is 0.0626 e. The average Bonchev–Trinajstić information content (AvgIpc) is 3.18. The SMILES string of the molecule is CC(C)c1ccc2c(c1)c1c3ccccc3cc3c4ccccc4n2c31. The van der Waals surface area contributed by atoms with E-state index in [1.165, 1.54) is 54.4 Å². The number of nitrogens with zero attached hydrogens (tertiary/aromatic N) is 1. The Balaban J connectivity index is 2.02. The van der Waals surface area contributed by atoms with Gasteiger partial charge in [0.05, 0.1) is 16.6 Å². The molecule has 6 aromatic rings. The van der Waals surface area contributed by atoms with Crippen LogP contribution in [0.1, 0.15) is 25.3 Å². The van der Waals surface area contributed by atoms with Crippen LogP contribution in [-0.4, -0.2) is 4.40 Å². The van der Waals surface area contributed by atoms with Gasteiger partial charge in [0.1, 0.15) is 0 Å². The molecule has 0 saturated carbocycles. The Morgan fingerprint density at radius 2 is 1.38 bits per heavy atom. The van der Waals surface area contributed by atoms with E-state index in [4.69, 9.17) is 0 Å². The van der Waals surface area contributed by atoms with Gasteiger partial charge < -0.3 is 4.40 Å². The summed E-state index contributed by atoms with van der Waals surface area (Å²) in [5.74, 6) is 0.530. The minimum absolute atomic E-state index is 0.530. The quantitative estimate of drug-likeness (QED) is 0.302. The molecule has 0 atom stereocenters. The maximum Gasteiger partial charge on any atom is 0.0626 e. The van der Waals surface area contributed by atoms with E-state index in [1.54, 1.807) is 0 Å². The van der Waals surface area contributed by atoms with E-state index in [9.17, 15) is 0 Å². The highest BCUT2D eigenvalue weighted by Gasteiger charge is 2.19. The van der Waals surface area contributed by atoms with Crippen molar-refractivity contribution < 1.29 is 0 Å². The highest BCUT2D eigenvalue weighted by molar-refractivity contribution is 6.31. The zero-order valence-corrected chi connectivity index (χ0v) is 15.0. The summed E-state index contributed by atoms with van der Waals surface area (Å²) in [7, 11) is 0. The molecule has 26 heavy (non-hydrogen) atoms. The van der Waals surface area contributed by atoms with Crippen molar-refractivity contribution >= 4 is 48.9 Å². The summed E-state index contributed by atoms with van der Waals surface area (Å²) >= 11 is 0. The van der Waals surface area contributed by atoms with Crippen LogP contribution in [0, 0.1) is 0 Å². The summed E-state index contributed by atoms with van der Waals surface area (Å²) in [4.78, 5) is 0. The van der Waals surface area contributed by atoms with Gasteiger partial charge in [-0.25, -0.2) is 0 Å². The molecular weight excluding hydrogens is 314 g/mol. The minimum Gasteiger partial charge on any atom is -0.308 e. The van der Waals surface area contributed by atoms with Gasteiger partial charge in [0.2, 0.25) is 0 Å². The van der Waals surface area contributed by atoms with Gasteiger partial charge in [-0.1, -0.05) is 62.4 Å². The highest BCUT2D eigenvalue weighted by atomic mass is 14.9. The van der Waals surface area contributed by atoms with Crippen LogP contribution in [0.3, 0.4) is 0 Å². The Hall–Kier alpha value is -3.06. The Morgan fingerprint density at radius 1 is 0.654 bits per heavy atom. The Kier molecular flexibility index (Phi) is 2.59. The number of aromatic nitrogens is 1. The van der Waals surface area contributed by atoms with E-state index in [0.29, 0.717) is 5.92 Å². The third-order valence-electron chi connectivity index (χ3n) is 5.88. The first-order valence-corrected chi connectivity index (χ1v) is 9.33. The number of benzene rings is 4. The second-order valence-corrected chi connectivity index (χ2v) is 7.65. The molecule has 0 aliphatic carbocycles. The normalized spacial score (nSPS) is 12.6. The molecule has 0 fully saturated rings. The summed E-state index contributed by atoms with van der Waals surface area (Å²) in [5.41, 5.74) is 5.38. The summed E-state index contributed by atoms with van der Waals surface area (Å²) in [6.45, 7) is 4.54. The van der Waals surface area contributed by atoms with E-state index in [1.807, 2.05) is 0 Å². The number of para-hydroxylation sites is 1. The lowest BCUT2D eigenvalue weighted by Gasteiger charge is -2.06. The zero-order valence-electron chi connectivity index (χ0n) is 15.0. The molecule has 2 aromatic heterocycles. The molecule has 6 rings (SSSR count). The van der Waals surface area contributed by atoms with Gasteiger partial charge in [0.15, 0.2) is 0 Å². The van der Waals surface area contributed by atoms with Gasteiger partial charge in [0, 0.05) is 21.5 Å². The van der Waals surface area contributed by atoms with Crippen molar-refractivity contribution in [3.63, 3.8) is 0 Å². The lowest BCUT2D eigenvalue weighted by atomic mass is 9.97. The van der Waals surface area contributed by atoms with E-state index in [-0.39, 0.29) is 0 Å². The molecular formula is C25H19N. The number of fused-ring (bicyclic) bond motifs is 8. The van der Waals surface area contributed by atoms with Crippen molar-refractivity contribution in [1.29, 1.82) is 0 Å². The molecule has 0 radical (unpaired) electrons. The minimum atomic E-state index is 0.530. The van der Waals surface area contributed by atoms with Gasteiger partial charge in [-0.2, -0.15) is 0 Å². The van der Waals surface area contributed by atoms with Gasteiger partial charge in [-0.15, -0.1) is 0 Å². The molecule has 4 aromatic carbocycles. The molecule has 124 valence electrons. The average molecular weight is 333 g/mol. The Bertz CT molecular complexity index is 1450. The van der Waals surface area contributed by atoms with Gasteiger partial charge in [-0.3, -0.25) is 0 Å². The third-order valence-corrected chi connectivity index (χ3v) is 5.88. The van der Waals surface area contributed by atoms with Gasteiger partial charge in [0.25, 0.3) is 0 Å². The molecule has 0 saturated heterocycles. The third kappa shape index (κ3) is 1.61. The molecule has 1 heteroatoms. The fourth-order valence-corrected chi connectivity index (χ4v) is 4.62.